The third-order valence-electron chi connectivity index (χ3n) is 3.23. The summed E-state index contributed by atoms with van der Waals surface area (Å²) in [5, 5.41) is 10.9. The number of hydrogen-bond donors (Lipinski definition) is 0. The highest BCUT2D eigenvalue weighted by atomic mass is 19.1. The number of esters is 2. The summed E-state index contributed by atoms with van der Waals surface area (Å²) in [6, 6.07) is 4.02. The fourth-order valence-electron chi connectivity index (χ4n) is 2.15. The van der Waals surface area contributed by atoms with Crippen LogP contribution in [0.25, 0.3) is 0 Å². The number of nitro groups is 1. The smallest absolute Gasteiger partial charge is 0.356 e. The molecule has 1 rings (SSSR count). The molecule has 7 nitrogen and oxygen atoms in total. The van der Waals surface area contributed by atoms with E-state index in [1.165, 1.54) is 13.8 Å². The van der Waals surface area contributed by atoms with Crippen LogP contribution in [0.4, 0.5) is 8.78 Å². The van der Waals surface area contributed by atoms with Crippen LogP contribution in [0.3, 0.4) is 0 Å². The first-order valence-electron chi connectivity index (χ1n) is 7.17. The summed E-state index contributed by atoms with van der Waals surface area (Å²) >= 11 is 0. The van der Waals surface area contributed by atoms with Gasteiger partial charge in [0.15, 0.2) is 0 Å². The molecule has 0 heterocycles. The molecular formula is C15H17F2NO6. The molecule has 1 atom stereocenters. The molecule has 0 saturated heterocycles. The molecule has 24 heavy (non-hydrogen) atoms. The van der Waals surface area contributed by atoms with Gasteiger partial charge < -0.3 is 9.47 Å². The molecule has 0 aliphatic carbocycles. The van der Waals surface area contributed by atoms with Crippen molar-refractivity contribution in [2.45, 2.75) is 25.4 Å². The van der Waals surface area contributed by atoms with Gasteiger partial charge in [-0.25, -0.2) is 18.4 Å². The van der Waals surface area contributed by atoms with E-state index in [4.69, 9.17) is 0 Å². The lowest BCUT2D eigenvalue weighted by Crippen LogP contribution is -2.51. The van der Waals surface area contributed by atoms with Crippen molar-refractivity contribution in [3.8, 4) is 0 Å². The van der Waals surface area contributed by atoms with Crippen molar-refractivity contribution in [3.63, 3.8) is 0 Å². The van der Waals surface area contributed by atoms with E-state index in [-0.39, 0.29) is 18.8 Å². The van der Waals surface area contributed by atoms with Gasteiger partial charge in [0.1, 0.15) is 11.7 Å². The van der Waals surface area contributed by atoms with Gasteiger partial charge >= 0.3 is 17.6 Å². The standard InChI is InChI=1S/C15H17F2NO6/c1-3-23-13(19)15(17,14(20)24-4-2)12(9-18(21)22)10-5-7-11(16)8-6-10/h5-8,12H,3-4,9H2,1-2H3/t12-/m1/s1. The van der Waals surface area contributed by atoms with Crippen molar-refractivity contribution < 1.29 is 32.8 Å². The highest BCUT2D eigenvalue weighted by molar-refractivity contribution is 6.04. The van der Waals surface area contributed by atoms with E-state index in [0.717, 1.165) is 24.3 Å². The van der Waals surface area contributed by atoms with Gasteiger partial charge in [0.25, 0.3) is 0 Å². The average molecular weight is 345 g/mol. The van der Waals surface area contributed by atoms with Crippen LogP contribution in [0.15, 0.2) is 24.3 Å². The van der Waals surface area contributed by atoms with Crippen LogP contribution >= 0.6 is 0 Å². The third kappa shape index (κ3) is 4.24. The van der Waals surface area contributed by atoms with Crippen molar-refractivity contribution in [2.75, 3.05) is 19.8 Å². The Kier molecular flexibility index (Phi) is 6.75. The number of benzene rings is 1. The molecule has 0 spiro atoms. The minimum Gasteiger partial charge on any atom is -0.463 e. The Balaban J connectivity index is 3.43. The van der Waals surface area contributed by atoms with E-state index >= 15 is 4.39 Å². The van der Waals surface area contributed by atoms with Crippen LogP contribution < -0.4 is 0 Å². The minimum absolute atomic E-state index is 0.100. The Labute approximate surface area is 136 Å². The molecule has 132 valence electrons. The molecule has 0 saturated carbocycles. The molecule has 0 aliphatic heterocycles. The Morgan fingerprint density at radius 1 is 1.17 bits per heavy atom. The average Bonchev–Trinajstić information content (AvgIpc) is 2.53. The maximum absolute atomic E-state index is 15.4. The first-order chi connectivity index (χ1) is 11.3. The van der Waals surface area contributed by atoms with Gasteiger partial charge in [-0.05, 0) is 31.5 Å². The second-order valence-electron chi connectivity index (χ2n) is 4.77. The summed E-state index contributed by atoms with van der Waals surface area (Å²) in [4.78, 5) is 34.1. The Bertz CT molecular complexity index is 586. The van der Waals surface area contributed by atoms with E-state index < -0.39 is 40.8 Å². The summed E-state index contributed by atoms with van der Waals surface area (Å²) in [6.45, 7) is 1.23. The normalized spacial score (nSPS) is 12.3. The zero-order valence-electron chi connectivity index (χ0n) is 13.2. The molecular weight excluding hydrogens is 328 g/mol. The predicted octanol–water partition coefficient (Wildman–Crippen LogP) is 2.02. The van der Waals surface area contributed by atoms with Gasteiger partial charge in [-0.3, -0.25) is 10.1 Å². The Hall–Kier alpha value is -2.58. The minimum atomic E-state index is -3.42. The molecule has 0 aliphatic rings. The summed E-state index contributed by atoms with van der Waals surface area (Å²) in [5.41, 5.74) is -3.52. The highest BCUT2D eigenvalue weighted by Gasteiger charge is 2.58. The number of hydrogen-bond acceptors (Lipinski definition) is 6. The molecule has 1 aromatic rings. The fraction of sp³-hybridized carbons (Fsp3) is 0.467. The van der Waals surface area contributed by atoms with Crippen molar-refractivity contribution in [3.05, 3.63) is 45.8 Å². The van der Waals surface area contributed by atoms with E-state index in [2.05, 4.69) is 9.47 Å². The molecule has 0 radical (unpaired) electrons. The molecule has 0 fully saturated rings. The van der Waals surface area contributed by atoms with Crippen LogP contribution in [0.2, 0.25) is 0 Å². The first-order valence-corrected chi connectivity index (χ1v) is 7.17. The molecule has 0 bridgehead atoms. The maximum atomic E-state index is 15.4. The van der Waals surface area contributed by atoms with Crippen molar-refractivity contribution in [2.24, 2.45) is 0 Å². The number of halogens is 2. The largest absolute Gasteiger partial charge is 0.463 e. The van der Waals surface area contributed by atoms with Crippen LogP contribution in [-0.4, -0.2) is 42.3 Å². The lowest BCUT2D eigenvalue weighted by Gasteiger charge is -2.27. The molecule has 0 amide bonds. The number of nitrogens with zero attached hydrogens (tertiary/aromatic N) is 1. The van der Waals surface area contributed by atoms with E-state index in [1.807, 2.05) is 0 Å². The van der Waals surface area contributed by atoms with E-state index in [0.29, 0.717) is 0 Å². The zero-order chi connectivity index (χ0) is 18.3. The molecule has 0 N–H and O–H groups in total. The predicted molar refractivity (Wildman–Crippen MR) is 78.1 cm³/mol. The van der Waals surface area contributed by atoms with Crippen LogP contribution in [-0.2, 0) is 19.1 Å². The second-order valence-corrected chi connectivity index (χ2v) is 4.77. The zero-order valence-corrected chi connectivity index (χ0v) is 13.2. The van der Waals surface area contributed by atoms with Gasteiger partial charge in [-0.15, -0.1) is 0 Å². The van der Waals surface area contributed by atoms with Crippen molar-refractivity contribution >= 4 is 11.9 Å². The molecule has 0 unspecified atom stereocenters. The highest BCUT2D eigenvalue weighted by Crippen LogP contribution is 2.35. The van der Waals surface area contributed by atoms with Gasteiger partial charge in [-0.1, -0.05) is 12.1 Å². The first kappa shape index (κ1) is 19.5. The van der Waals surface area contributed by atoms with Crippen LogP contribution in [0.1, 0.15) is 25.3 Å². The SMILES string of the molecule is CCOC(=O)C(F)(C(=O)OCC)[C@H](C[N+](=O)[O-])c1ccc(F)cc1. The lowest BCUT2D eigenvalue weighted by atomic mass is 9.83. The summed E-state index contributed by atoms with van der Waals surface area (Å²) in [5.74, 6) is -5.65. The monoisotopic (exact) mass is 345 g/mol. The summed E-state index contributed by atoms with van der Waals surface area (Å²) in [6.07, 6.45) is 0. The summed E-state index contributed by atoms with van der Waals surface area (Å²) in [7, 11) is 0. The topological polar surface area (TPSA) is 95.7 Å². The Morgan fingerprint density at radius 3 is 2.00 bits per heavy atom. The lowest BCUT2D eigenvalue weighted by molar-refractivity contribution is -0.485. The van der Waals surface area contributed by atoms with Gasteiger partial charge in [0.2, 0.25) is 6.54 Å². The molecule has 1 aromatic carbocycles. The van der Waals surface area contributed by atoms with Crippen molar-refractivity contribution in [1.82, 2.24) is 0 Å². The molecule has 9 heteroatoms. The number of alkyl halides is 1. The second kappa shape index (κ2) is 8.32. The van der Waals surface area contributed by atoms with Gasteiger partial charge in [0.05, 0.1) is 13.2 Å². The third-order valence-corrected chi connectivity index (χ3v) is 3.23. The van der Waals surface area contributed by atoms with Crippen LogP contribution in [0, 0.1) is 15.9 Å². The van der Waals surface area contributed by atoms with Gasteiger partial charge in [-0.2, -0.15) is 0 Å². The number of rotatable bonds is 8. The van der Waals surface area contributed by atoms with Crippen molar-refractivity contribution in [1.29, 1.82) is 0 Å². The number of ether oxygens (including phenoxy) is 2. The maximum Gasteiger partial charge on any atom is 0.356 e. The quantitative estimate of drug-likeness (QED) is 0.310. The Morgan fingerprint density at radius 2 is 1.62 bits per heavy atom. The van der Waals surface area contributed by atoms with Crippen LogP contribution in [0.5, 0.6) is 0 Å². The molecule has 0 aromatic heterocycles. The van der Waals surface area contributed by atoms with Gasteiger partial charge in [0, 0.05) is 4.92 Å². The number of carbonyl (C=O) groups excluding carboxylic acids is 2. The van der Waals surface area contributed by atoms with E-state index in [9.17, 15) is 24.1 Å². The number of carbonyl (C=O) groups is 2. The summed E-state index contributed by atoms with van der Waals surface area (Å²) < 4.78 is 37.6. The van der Waals surface area contributed by atoms with E-state index in [1.54, 1.807) is 0 Å². The fourth-order valence-corrected chi connectivity index (χ4v) is 2.15.